The molecule has 1 N–H and O–H groups in total. The Balaban J connectivity index is 1.74. The van der Waals surface area contributed by atoms with Crippen molar-refractivity contribution >= 4 is 27.5 Å². The quantitative estimate of drug-likeness (QED) is 0.595. The van der Waals surface area contributed by atoms with E-state index in [0.29, 0.717) is 27.9 Å². The third-order valence-electron chi connectivity index (χ3n) is 4.46. The summed E-state index contributed by atoms with van der Waals surface area (Å²) in [5, 5.41) is 7.04. The number of hydrogen-bond acceptors (Lipinski definition) is 6. The fourth-order valence-electron chi connectivity index (χ4n) is 2.78. The summed E-state index contributed by atoms with van der Waals surface area (Å²) >= 11 is 6.08. The molecular weight excluding hydrogens is 428 g/mol. The first-order chi connectivity index (χ1) is 14.2. The molecule has 1 heterocycles. The average Bonchev–Trinajstić information content (AvgIpc) is 3.13. The van der Waals surface area contributed by atoms with Gasteiger partial charge in [-0.3, -0.25) is 4.79 Å². The van der Waals surface area contributed by atoms with Gasteiger partial charge in [-0.1, -0.05) is 47.1 Å². The second-order valence-electron chi connectivity index (χ2n) is 6.75. The average molecular weight is 449 g/mol. The molecule has 30 heavy (non-hydrogen) atoms. The van der Waals surface area contributed by atoms with Gasteiger partial charge in [0.2, 0.25) is 27.6 Å². The molecule has 0 unspecified atom stereocenters. The monoisotopic (exact) mass is 448 g/mol. The molecule has 2 aromatic carbocycles. The lowest BCUT2D eigenvalue weighted by atomic mass is 10.1. The van der Waals surface area contributed by atoms with E-state index in [2.05, 4.69) is 15.5 Å². The van der Waals surface area contributed by atoms with E-state index in [9.17, 15) is 13.2 Å². The molecular formula is C20H21ClN4O4S. The van der Waals surface area contributed by atoms with Crippen molar-refractivity contribution in [3.63, 3.8) is 0 Å². The molecule has 0 bridgehead atoms. The number of aryl methyl sites for hydroxylation is 2. The summed E-state index contributed by atoms with van der Waals surface area (Å²) < 4.78 is 32.1. The molecule has 1 aromatic heterocycles. The van der Waals surface area contributed by atoms with Gasteiger partial charge >= 0.3 is 0 Å². The number of carbonyl (C=O) groups is 1. The van der Waals surface area contributed by atoms with E-state index in [1.54, 1.807) is 44.2 Å². The standard InChI is InChI=1S/C20H21ClN4O4S/c1-13-8-9-15(20-23-14(2)29-24-20)10-18(13)30(27,28)25(3)12-19(26)22-11-16-6-4-5-7-17(16)21/h4-10H,11-12H2,1-3H3,(H,22,26). The van der Waals surface area contributed by atoms with Gasteiger partial charge in [0.25, 0.3) is 0 Å². The Morgan fingerprint density at radius 1 is 1.20 bits per heavy atom. The zero-order valence-corrected chi connectivity index (χ0v) is 18.3. The van der Waals surface area contributed by atoms with Crippen molar-refractivity contribution in [2.45, 2.75) is 25.3 Å². The summed E-state index contributed by atoms with van der Waals surface area (Å²) in [6.45, 7) is 3.21. The molecule has 0 fully saturated rings. The number of nitrogens with one attached hydrogen (secondary N) is 1. The van der Waals surface area contributed by atoms with Crippen LogP contribution in [0.3, 0.4) is 0 Å². The number of likely N-dealkylation sites (N-methyl/N-ethyl adjacent to an activating group) is 1. The first-order valence-electron chi connectivity index (χ1n) is 9.06. The van der Waals surface area contributed by atoms with Gasteiger partial charge in [0.15, 0.2) is 0 Å². The zero-order chi connectivity index (χ0) is 21.9. The molecule has 0 radical (unpaired) electrons. The number of rotatable bonds is 7. The number of hydrogen-bond donors (Lipinski definition) is 1. The number of carbonyl (C=O) groups excluding carboxylic acids is 1. The number of halogens is 1. The fourth-order valence-corrected chi connectivity index (χ4v) is 4.36. The van der Waals surface area contributed by atoms with Gasteiger partial charge in [0.1, 0.15) is 0 Å². The third-order valence-corrected chi connectivity index (χ3v) is 6.78. The first kappa shape index (κ1) is 21.9. The van der Waals surface area contributed by atoms with Crippen LogP contribution in [0.1, 0.15) is 17.0 Å². The van der Waals surface area contributed by atoms with Gasteiger partial charge in [-0.15, -0.1) is 0 Å². The van der Waals surface area contributed by atoms with E-state index in [0.717, 1.165) is 9.87 Å². The molecule has 3 aromatic rings. The summed E-state index contributed by atoms with van der Waals surface area (Å²) in [5.74, 6) is 0.231. The maximum Gasteiger partial charge on any atom is 0.243 e. The lowest BCUT2D eigenvalue weighted by molar-refractivity contribution is -0.121. The van der Waals surface area contributed by atoms with Crippen LogP contribution in [0.4, 0.5) is 0 Å². The molecule has 0 atom stereocenters. The molecule has 8 nitrogen and oxygen atoms in total. The van der Waals surface area contributed by atoms with Gasteiger partial charge < -0.3 is 9.84 Å². The molecule has 0 aliphatic carbocycles. The smallest absolute Gasteiger partial charge is 0.243 e. The Morgan fingerprint density at radius 2 is 1.93 bits per heavy atom. The van der Waals surface area contributed by atoms with Crippen LogP contribution in [-0.4, -0.2) is 42.4 Å². The fraction of sp³-hybridized carbons (Fsp3) is 0.250. The second-order valence-corrected chi connectivity index (χ2v) is 9.17. The van der Waals surface area contributed by atoms with E-state index < -0.39 is 15.9 Å². The van der Waals surface area contributed by atoms with E-state index in [-0.39, 0.29) is 18.0 Å². The van der Waals surface area contributed by atoms with Crippen LogP contribution in [-0.2, 0) is 21.4 Å². The van der Waals surface area contributed by atoms with Crippen LogP contribution in [0, 0.1) is 13.8 Å². The third kappa shape index (κ3) is 4.86. The lowest BCUT2D eigenvalue weighted by Crippen LogP contribution is -2.38. The van der Waals surface area contributed by atoms with E-state index in [4.69, 9.17) is 16.1 Å². The Morgan fingerprint density at radius 3 is 2.60 bits per heavy atom. The second kappa shape index (κ2) is 8.95. The minimum atomic E-state index is -3.92. The number of benzene rings is 2. The maximum atomic E-state index is 13.1. The van der Waals surface area contributed by atoms with Crippen molar-refractivity contribution in [2.75, 3.05) is 13.6 Å². The van der Waals surface area contributed by atoms with Crippen molar-refractivity contribution in [3.8, 4) is 11.4 Å². The van der Waals surface area contributed by atoms with Gasteiger partial charge in [0.05, 0.1) is 11.4 Å². The molecule has 158 valence electrons. The van der Waals surface area contributed by atoms with Gasteiger partial charge in [-0.25, -0.2) is 8.42 Å². The van der Waals surface area contributed by atoms with Crippen molar-refractivity contribution in [2.24, 2.45) is 0 Å². The summed E-state index contributed by atoms with van der Waals surface area (Å²) in [7, 11) is -2.56. The lowest BCUT2D eigenvalue weighted by Gasteiger charge is -2.18. The predicted octanol–water partition coefficient (Wildman–Crippen LogP) is 2.94. The SMILES string of the molecule is Cc1nc(-c2ccc(C)c(S(=O)(=O)N(C)CC(=O)NCc3ccccc3Cl)c2)no1. The number of aromatic nitrogens is 2. The summed E-state index contributed by atoms with van der Waals surface area (Å²) in [4.78, 5) is 16.5. The van der Waals surface area contributed by atoms with Crippen LogP contribution >= 0.6 is 11.6 Å². The topological polar surface area (TPSA) is 105 Å². The van der Waals surface area contributed by atoms with Crippen LogP contribution < -0.4 is 5.32 Å². The minimum absolute atomic E-state index is 0.0730. The molecule has 0 saturated carbocycles. The van der Waals surface area contributed by atoms with Crippen molar-refractivity contribution < 1.29 is 17.7 Å². The molecule has 0 spiro atoms. The van der Waals surface area contributed by atoms with Crippen LogP contribution in [0.15, 0.2) is 51.9 Å². The molecule has 3 rings (SSSR count). The molecule has 1 amide bonds. The van der Waals surface area contributed by atoms with E-state index >= 15 is 0 Å². The van der Waals surface area contributed by atoms with Gasteiger partial charge in [-0.2, -0.15) is 9.29 Å². The summed E-state index contributed by atoms with van der Waals surface area (Å²) in [5.41, 5.74) is 1.80. The highest BCUT2D eigenvalue weighted by atomic mass is 35.5. The van der Waals surface area contributed by atoms with Gasteiger partial charge in [-0.05, 0) is 30.2 Å². The number of sulfonamides is 1. The highest BCUT2D eigenvalue weighted by Gasteiger charge is 2.25. The van der Waals surface area contributed by atoms with Crippen molar-refractivity contribution in [1.29, 1.82) is 0 Å². The first-order valence-corrected chi connectivity index (χ1v) is 10.9. The Labute approximate surface area is 179 Å². The minimum Gasteiger partial charge on any atom is -0.351 e. The van der Waals surface area contributed by atoms with E-state index in [1.165, 1.54) is 13.1 Å². The predicted molar refractivity (Wildman–Crippen MR) is 112 cm³/mol. The highest BCUT2D eigenvalue weighted by molar-refractivity contribution is 7.89. The molecule has 10 heteroatoms. The van der Waals surface area contributed by atoms with Crippen LogP contribution in [0.5, 0.6) is 0 Å². The van der Waals surface area contributed by atoms with Gasteiger partial charge in [0, 0.05) is 31.1 Å². The Bertz CT molecular complexity index is 1180. The molecule has 0 aliphatic rings. The zero-order valence-electron chi connectivity index (χ0n) is 16.7. The van der Waals surface area contributed by atoms with Crippen LogP contribution in [0.2, 0.25) is 5.02 Å². The molecule has 0 aliphatic heterocycles. The largest absolute Gasteiger partial charge is 0.351 e. The highest BCUT2D eigenvalue weighted by Crippen LogP contribution is 2.25. The maximum absolute atomic E-state index is 13.1. The number of amides is 1. The number of nitrogens with zero attached hydrogens (tertiary/aromatic N) is 3. The molecule has 0 saturated heterocycles. The Hall–Kier alpha value is -2.75. The van der Waals surface area contributed by atoms with Crippen molar-refractivity contribution in [1.82, 2.24) is 19.8 Å². The normalized spacial score (nSPS) is 11.6. The van der Waals surface area contributed by atoms with Crippen molar-refractivity contribution in [3.05, 3.63) is 64.5 Å². The van der Waals surface area contributed by atoms with Crippen LogP contribution in [0.25, 0.3) is 11.4 Å². The Kier molecular flexibility index (Phi) is 6.55. The summed E-state index contributed by atoms with van der Waals surface area (Å²) in [6.07, 6.45) is 0. The van der Waals surface area contributed by atoms with E-state index in [1.807, 2.05) is 6.07 Å². The summed E-state index contributed by atoms with van der Waals surface area (Å²) in [6, 6.07) is 12.0.